The topological polar surface area (TPSA) is 125 Å². The van der Waals surface area contributed by atoms with E-state index in [4.69, 9.17) is 22.1 Å². The number of sulfone groups is 1. The maximum atomic E-state index is 12.2. The Labute approximate surface area is 208 Å². The summed E-state index contributed by atoms with van der Waals surface area (Å²) >= 11 is 10.8. The fraction of sp³-hybridized carbons (Fsp3) is 0.143. The number of rotatable bonds is 7. The molecule has 0 saturated carbocycles. The third-order valence-corrected chi connectivity index (χ3v) is 7.37. The first-order chi connectivity index (χ1) is 15.6. The zero-order chi connectivity index (χ0) is 24.2. The van der Waals surface area contributed by atoms with Crippen molar-refractivity contribution in [2.75, 3.05) is 12.9 Å². The van der Waals surface area contributed by atoms with Crippen molar-refractivity contribution in [1.82, 2.24) is 10.2 Å². The number of esters is 1. The minimum absolute atomic E-state index is 0.149. The van der Waals surface area contributed by atoms with E-state index >= 15 is 0 Å². The standard InChI is InChI=1S/C21H18BrClN4O4S2/c1-3-31-21(28)17(24)16(22)18(25-15-10-5-4-9-14(15)23)20-27-26-19(32-20)12-7-6-8-13(11-12)33(2,29)30/h4-11H,3,24H2,1-2H3. The molecule has 8 nitrogen and oxygen atoms in total. The molecule has 0 aliphatic heterocycles. The number of allylic oxidation sites excluding steroid dienone is 1. The molecule has 2 aromatic carbocycles. The fourth-order valence-electron chi connectivity index (χ4n) is 2.57. The van der Waals surface area contributed by atoms with Crippen LogP contribution in [0.3, 0.4) is 0 Å². The number of para-hydroxylation sites is 1. The Morgan fingerprint density at radius 2 is 1.94 bits per heavy atom. The van der Waals surface area contributed by atoms with Gasteiger partial charge < -0.3 is 10.5 Å². The van der Waals surface area contributed by atoms with Crippen LogP contribution in [-0.4, -0.2) is 43.2 Å². The molecule has 2 N–H and O–H groups in total. The lowest BCUT2D eigenvalue weighted by Crippen LogP contribution is -2.19. The maximum absolute atomic E-state index is 12.2. The minimum atomic E-state index is -3.39. The number of hydrogen-bond acceptors (Lipinski definition) is 9. The van der Waals surface area contributed by atoms with Crippen molar-refractivity contribution in [2.24, 2.45) is 10.7 Å². The Balaban J connectivity index is 2.14. The molecule has 0 saturated heterocycles. The second-order valence-corrected chi connectivity index (χ2v) is 10.8. The van der Waals surface area contributed by atoms with Crippen molar-refractivity contribution in [3.63, 3.8) is 0 Å². The maximum Gasteiger partial charge on any atom is 0.355 e. The van der Waals surface area contributed by atoms with Gasteiger partial charge in [-0.25, -0.2) is 18.2 Å². The van der Waals surface area contributed by atoms with Gasteiger partial charge in [0.1, 0.15) is 16.4 Å². The van der Waals surface area contributed by atoms with Crippen LogP contribution in [0.5, 0.6) is 0 Å². The molecule has 0 aliphatic rings. The molecule has 172 valence electrons. The van der Waals surface area contributed by atoms with Crippen LogP contribution in [0.1, 0.15) is 11.9 Å². The number of carbonyl (C=O) groups excluding carboxylic acids is 1. The lowest BCUT2D eigenvalue weighted by atomic mass is 10.2. The summed E-state index contributed by atoms with van der Waals surface area (Å²) < 4.78 is 29.0. The highest BCUT2D eigenvalue weighted by Gasteiger charge is 2.22. The van der Waals surface area contributed by atoms with Gasteiger partial charge in [-0.3, -0.25) is 0 Å². The summed E-state index contributed by atoms with van der Waals surface area (Å²) in [5.74, 6) is -0.721. The molecule has 3 rings (SSSR count). The van der Waals surface area contributed by atoms with Gasteiger partial charge in [0, 0.05) is 11.8 Å². The number of benzene rings is 2. The van der Waals surface area contributed by atoms with Gasteiger partial charge in [-0.1, -0.05) is 47.2 Å². The molecule has 1 aromatic heterocycles. The minimum Gasteiger partial charge on any atom is -0.461 e. The lowest BCUT2D eigenvalue weighted by molar-refractivity contribution is -0.138. The van der Waals surface area contributed by atoms with E-state index in [-0.39, 0.29) is 27.4 Å². The van der Waals surface area contributed by atoms with Crippen molar-refractivity contribution >= 4 is 66.1 Å². The smallest absolute Gasteiger partial charge is 0.355 e. The molecule has 0 amide bonds. The largest absolute Gasteiger partial charge is 0.461 e. The van der Waals surface area contributed by atoms with Crippen molar-refractivity contribution in [2.45, 2.75) is 11.8 Å². The molecule has 33 heavy (non-hydrogen) atoms. The van der Waals surface area contributed by atoms with Gasteiger partial charge in [0.2, 0.25) is 0 Å². The highest BCUT2D eigenvalue weighted by atomic mass is 79.9. The highest BCUT2D eigenvalue weighted by molar-refractivity contribution is 9.12. The quantitative estimate of drug-likeness (QED) is 0.252. The van der Waals surface area contributed by atoms with E-state index in [1.165, 1.54) is 12.1 Å². The first-order valence-corrected chi connectivity index (χ1v) is 13.3. The molecule has 0 aliphatic carbocycles. The van der Waals surface area contributed by atoms with Gasteiger partial charge in [0.05, 0.1) is 26.7 Å². The molecule has 0 spiro atoms. The van der Waals surface area contributed by atoms with Crippen LogP contribution >= 0.6 is 38.9 Å². The summed E-state index contributed by atoms with van der Waals surface area (Å²) in [5, 5.41) is 9.54. The molecule has 0 fully saturated rings. The van der Waals surface area contributed by atoms with Gasteiger partial charge >= 0.3 is 5.97 Å². The molecule has 0 atom stereocenters. The molecule has 3 aromatic rings. The summed E-state index contributed by atoms with van der Waals surface area (Å²) in [7, 11) is -3.39. The zero-order valence-corrected chi connectivity index (χ0v) is 21.4. The molecule has 0 bridgehead atoms. The summed E-state index contributed by atoms with van der Waals surface area (Å²) in [6.07, 6.45) is 1.13. The monoisotopic (exact) mass is 568 g/mol. The predicted octanol–water partition coefficient (Wildman–Crippen LogP) is 4.51. The summed E-state index contributed by atoms with van der Waals surface area (Å²) in [5.41, 5.74) is 7.02. The van der Waals surface area contributed by atoms with Crippen molar-refractivity contribution in [3.8, 4) is 10.6 Å². The van der Waals surface area contributed by atoms with Crippen LogP contribution < -0.4 is 5.73 Å². The lowest BCUT2D eigenvalue weighted by Gasteiger charge is -2.08. The van der Waals surface area contributed by atoms with Crippen LogP contribution in [-0.2, 0) is 19.4 Å². The van der Waals surface area contributed by atoms with E-state index in [0.717, 1.165) is 17.6 Å². The van der Waals surface area contributed by atoms with Crippen molar-refractivity contribution < 1.29 is 17.9 Å². The Kier molecular flexibility index (Phi) is 8.01. The SMILES string of the molecule is CCOC(=O)C(N)=C(Br)C(=Nc1ccccc1Cl)c1nnc(-c2cccc(S(C)(=O)=O)c2)s1. The van der Waals surface area contributed by atoms with Gasteiger partial charge in [-0.2, -0.15) is 0 Å². The van der Waals surface area contributed by atoms with Crippen LogP contribution in [0.2, 0.25) is 5.02 Å². The first kappa shape index (κ1) is 25.0. The Morgan fingerprint density at radius 1 is 1.21 bits per heavy atom. The van der Waals surface area contributed by atoms with E-state index in [9.17, 15) is 13.2 Å². The van der Waals surface area contributed by atoms with E-state index < -0.39 is 15.8 Å². The molecular weight excluding hydrogens is 552 g/mol. The molecule has 0 radical (unpaired) electrons. The third-order valence-electron chi connectivity index (χ3n) is 4.16. The number of carbonyl (C=O) groups is 1. The predicted molar refractivity (Wildman–Crippen MR) is 133 cm³/mol. The van der Waals surface area contributed by atoms with Crippen LogP contribution in [0.25, 0.3) is 10.6 Å². The Morgan fingerprint density at radius 3 is 2.61 bits per heavy atom. The number of aromatic nitrogens is 2. The second kappa shape index (κ2) is 10.6. The van der Waals surface area contributed by atoms with E-state index in [1.807, 2.05) is 0 Å². The van der Waals surface area contributed by atoms with Gasteiger partial charge in [0.25, 0.3) is 0 Å². The van der Waals surface area contributed by atoms with Gasteiger partial charge in [0.15, 0.2) is 14.8 Å². The van der Waals surface area contributed by atoms with E-state index in [0.29, 0.717) is 26.3 Å². The number of nitrogens with zero attached hydrogens (tertiary/aromatic N) is 3. The number of aliphatic imine (C=N–C) groups is 1. The number of nitrogens with two attached hydrogens (primary N) is 1. The summed E-state index contributed by atoms with van der Waals surface area (Å²) in [6, 6.07) is 13.3. The number of ether oxygens (including phenoxy) is 1. The summed E-state index contributed by atoms with van der Waals surface area (Å²) in [6.45, 7) is 1.82. The molecule has 0 unspecified atom stereocenters. The van der Waals surface area contributed by atoms with Gasteiger partial charge in [-0.05, 0) is 47.1 Å². The van der Waals surface area contributed by atoms with Crippen molar-refractivity contribution in [3.05, 3.63) is 68.7 Å². The second-order valence-electron chi connectivity index (χ2n) is 6.57. The van der Waals surface area contributed by atoms with E-state index in [1.54, 1.807) is 43.3 Å². The highest BCUT2D eigenvalue weighted by Crippen LogP contribution is 2.32. The summed E-state index contributed by atoms with van der Waals surface area (Å²) in [4.78, 5) is 16.9. The van der Waals surface area contributed by atoms with Crippen LogP contribution in [0.4, 0.5) is 5.69 Å². The van der Waals surface area contributed by atoms with Crippen molar-refractivity contribution in [1.29, 1.82) is 0 Å². The third kappa shape index (κ3) is 6.05. The molecule has 12 heteroatoms. The number of hydrogen-bond donors (Lipinski definition) is 1. The molecular formula is C21H18BrClN4O4S2. The zero-order valence-electron chi connectivity index (χ0n) is 17.5. The normalized spacial score (nSPS) is 12.9. The van der Waals surface area contributed by atoms with Crippen LogP contribution in [0, 0.1) is 0 Å². The van der Waals surface area contributed by atoms with Gasteiger partial charge in [-0.15, -0.1) is 10.2 Å². The Bertz CT molecular complexity index is 1370. The Hall–Kier alpha value is -2.60. The van der Waals surface area contributed by atoms with E-state index in [2.05, 4.69) is 31.1 Å². The average molecular weight is 570 g/mol. The molecule has 1 heterocycles. The first-order valence-electron chi connectivity index (χ1n) is 9.42. The number of halogens is 2. The average Bonchev–Trinajstić information content (AvgIpc) is 3.27. The van der Waals surface area contributed by atoms with Crippen LogP contribution in [0.15, 0.2) is 68.6 Å². The fourth-order valence-corrected chi connectivity index (χ4v) is 4.82.